The third kappa shape index (κ3) is 6.44. The highest BCUT2D eigenvalue weighted by atomic mass is 35.5. The summed E-state index contributed by atoms with van der Waals surface area (Å²) in [6, 6.07) is 17.8. The third-order valence-corrected chi connectivity index (χ3v) is 5.20. The molecule has 0 aliphatic carbocycles. The van der Waals surface area contributed by atoms with Crippen LogP contribution in [0.15, 0.2) is 66.2 Å². The number of carbonyl (C=O) groups is 2. The second-order valence-corrected chi connectivity index (χ2v) is 7.84. The number of carbonyl (C=O) groups excluding carboxylic acids is 2. The highest BCUT2D eigenvalue weighted by molar-refractivity contribution is 6.32. The van der Waals surface area contributed by atoms with Crippen molar-refractivity contribution in [3.05, 3.63) is 93.8 Å². The Labute approximate surface area is 201 Å². The van der Waals surface area contributed by atoms with Crippen molar-refractivity contribution in [2.75, 3.05) is 17.2 Å². The summed E-state index contributed by atoms with van der Waals surface area (Å²) < 4.78 is 19.0. The van der Waals surface area contributed by atoms with Crippen LogP contribution in [0.25, 0.3) is 6.08 Å². The van der Waals surface area contributed by atoms with E-state index in [-0.39, 0.29) is 28.6 Å². The molecule has 0 saturated heterocycles. The predicted octanol–water partition coefficient (Wildman–Crippen LogP) is 5.66. The third-order valence-electron chi connectivity index (χ3n) is 4.90. The van der Waals surface area contributed by atoms with Crippen molar-refractivity contribution in [2.24, 2.45) is 0 Å². The lowest BCUT2D eigenvalue weighted by molar-refractivity contribution is -0.118. The summed E-state index contributed by atoms with van der Waals surface area (Å²) in [6.45, 7) is 3.51. The highest BCUT2D eigenvalue weighted by Crippen LogP contribution is 2.27. The van der Waals surface area contributed by atoms with Crippen LogP contribution in [0.4, 0.5) is 15.8 Å². The van der Waals surface area contributed by atoms with E-state index in [4.69, 9.17) is 16.3 Å². The summed E-state index contributed by atoms with van der Waals surface area (Å²) in [5.74, 6) is -1.44. The Bertz CT molecular complexity index is 1310. The largest absolute Gasteiger partial charge is 0.482 e. The smallest absolute Gasteiger partial charge is 0.266 e. The van der Waals surface area contributed by atoms with Crippen molar-refractivity contribution in [3.8, 4) is 11.8 Å². The molecule has 3 rings (SSSR count). The van der Waals surface area contributed by atoms with Gasteiger partial charge in [-0.3, -0.25) is 9.59 Å². The van der Waals surface area contributed by atoms with Gasteiger partial charge in [-0.25, -0.2) is 4.39 Å². The van der Waals surface area contributed by atoms with E-state index < -0.39 is 17.6 Å². The van der Waals surface area contributed by atoms with E-state index in [1.807, 2.05) is 32.0 Å². The van der Waals surface area contributed by atoms with Crippen molar-refractivity contribution in [1.29, 1.82) is 5.26 Å². The normalized spacial score (nSPS) is 10.9. The maximum absolute atomic E-state index is 13.6. The van der Waals surface area contributed by atoms with Crippen LogP contribution in [0.5, 0.6) is 5.75 Å². The first-order valence-corrected chi connectivity index (χ1v) is 10.6. The zero-order valence-electron chi connectivity index (χ0n) is 18.5. The van der Waals surface area contributed by atoms with Gasteiger partial charge in [0.1, 0.15) is 23.2 Å². The number of anilines is 2. The first-order valence-electron chi connectivity index (χ1n) is 10.2. The molecular formula is C26H21ClFN3O3. The van der Waals surface area contributed by atoms with Crippen molar-refractivity contribution in [1.82, 2.24) is 0 Å². The van der Waals surface area contributed by atoms with Gasteiger partial charge in [0.2, 0.25) is 0 Å². The van der Waals surface area contributed by atoms with Gasteiger partial charge in [-0.1, -0.05) is 35.9 Å². The summed E-state index contributed by atoms with van der Waals surface area (Å²) in [6.07, 6.45) is 1.40. The number of nitrogens with zero attached hydrogens (tertiary/aromatic N) is 1. The summed E-state index contributed by atoms with van der Waals surface area (Å²) >= 11 is 6.24. The minimum absolute atomic E-state index is 0.0470. The van der Waals surface area contributed by atoms with Gasteiger partial charge in [-0.15, -0.1) is 0 Å². The number of amides is 2. The average molecular weight is 478 g/mol. The fourth-order valence-electron chi connectivity index (χ4n) is 2.95. The number of nitriles is 1. The SMILES string of the molecule is Cc1ccc(NC(=O)C(C#N)=Cc2ccc(OCC(=O)Nc3ccccc3F)c(Cl)c2)cc1C. The van der Waals surface area contributed by atoms with E-state index >= 15 is 0 Å². The molecule has 0 bridgehead atoms. The Morgan fingerprint density at radius 3 is 2.50 bits per heavy atom. The Morgan fingerprint density at radius 1 is 1.06 bits per heavy atom. The molecule has 3 aromatic carbocycles. The molecule has 2 amide bonds. The Kier molecular flexibility index (Phi) is 8.01. The molecule has 34 heavy (non-hydrogen) atoms. The second-order valence-electron chi connectivity index (χ2n) is 7.43. The molecular weight excluding hydrogens is 457 g/mol. The lowest BCUT2D eigenvalue weighted by Crippen LogP contribution is -2.20. The van der Waals surface area contributed by atoms with E-state index in [2.05, 4.69) is 10.6 Å². The van der Waals surface area contributed by atoms with Crippen molar-refractivity contribution in [2.45, 2.75) is 13.8 Å². The lowest BCUT2D eigenvalue weighted by atomic mass is 10.1. The quantitative estimate of drug-likeness (QED) is 0.339. The number of ether oxygens (including phenoxy) is 1. The summed E-state index contributed by atoms with van der Waals surface area (Å²) in [7, 11) is 0. The fourth-order valence-corrected chi connectivity index (χ4v) is 3.19. The average Bonchev–Trinajstić information content (AvgIpc) is 2.80. The second kappa shape index (κ2) is 11.1. The van der Waals surface area contributed by atoms with Gasteiger partial charge >= 0.3 is 0 Å². The van der Waals surface area contributed by atoms with Gasteiger partial charge in [0.25, 0.3) is 11.8 Å². The van der Waals surface area contributed by atoms with Gasteiger partial charge in [-0.2, -0.15) is 5.26 Å². The lowest BCUT2D eigenvalue weighted by Gasteiger charge is -2.10. The highest BCUT2D eigenvalue weighted by Gasteiger charge is 2.12. The molecule has 8 heteroatoms. The number of nitrogens with one attached hydrogen (secondary N) is 2. The Morgan fingerprint density at radius 2 is 1.82 bits per heavy atom. The van der Waals surface area contributed by atoms with Gasteiger partial charge in [0, 0.05) is 5.69 Å². The van der Waals surface area contributed by atoms with Crippen molar-refractivity contribution >= 4 is 40.9 Å². The molecule has 0 aliphatic heterocycles. The minimum atomic E-state index is -0.556. The zero-order chi connectivity index (χ0) is 24.7. The summed E-state index contributed by atoms with van der Waals surface area (Å²) in [5.41, 5.74) is 3.14. The van der Waals surface area contributed by atoms with Crippen LogP contribution in [0.2, 0.25) is 5.02 Å². The van der Waals surface area contributed by atoms with Crippen LogP contribution in [0.1, 0.15) is 16.7 Å². The molecule has 0 radical (unpaired) electrons. The van der Waals surface area contributed by atoms with E-state index in [1.165, 1.54) is 36.4 Å². The number of halogens is 2. The van der Waals surface area contributed by atoms with E-state index in [0.29, 0.717) is 11.3 Å². The molecule has 0 unspecified atom stereocenters. The topological polar surface area (TPSA) is 91.2 Å². The molecule has 172 valence electrons. The summed E-state index contributed by atoms with van der Waals surface area (Å²) in [4.78, 5) is 24.5. The van der Waals surface area contributed by atoms with E-state index in [1.54, 1.807) is 18.2 Å². The molecule has 6 nitrogen and oxygen atoms in total. The molecule has 0 heterocycles. The molecule has 0 saturated carbocycles. The van der Waals surface area contributed by atoms with Gasteiger partial charge in [0.05, 0.1) is 10.7 Å². The number of rotatable bonds is 7. The standard InChI is InChI=1S/C26H21ClFN3O3/c1-16-7-9-20(11-17(16)2)30-26(33)19(14-29)12-18-8-10-24(21(27)13-18)34-15-25(32)31-23-6-4-3-5-22(23)28/h3-13H,15H2,1-2H3,(H,30,33)(H,31,32). The van der Waals surface area contributed by atoms with Gasteiger partial charge in [-0.05, 0) is 73.0 Å². The van der Waals surface area contributed by atoms with Gasteiger partial charge in [0.15, 0.2) is 6.61 Å². The van der Waals surface area contributed by atoms with Crippen LogP contribution in [-0.4, -0.2) is 18.4 Å². The molecule has 2 N–H and O–H groups in total. The Hall–Kier alpha value is -4.15. The zero-order valence-corrected chi connectivity index (χ0v) is 19.2. The van der Waals surface area contributed by atoms with Crippen LogP contribution in [-0.2, 0) is 9.59 Å². The first kappa shape index (κ1) is 24.5. The Balaban J connectivity index is 1.65. The molecule has 0 aliphatic rings. The first-order chi connectivity index (χ1) is 16.3. The van der Waals surface area contributed by atoms with Crippen molar-refractivity contribution < 1.29 is 18.7 Å². The number of aryl methyl sites for hydroxylation is 2. The maximum atomic E-state index is 13.6. The van der Waals surface area contributed by atoms with E-state index in [9.17, 15) is 19.2 Å². The number of hydrogen-bond acceptors (Lipinski definition) is 4. The molecule has 0 atom stereocenters. The van der Waals surface area contributed by atoms with E-state index in [0.717, 1.165) is 11.1 Å². The van der Waals surface area contributed by atoms with Crippen LogP contribution >= 0.6 is 11.6 Å². The van der Waals surface area contributed by atoms with Gasteiger partial charge < -0.3 is 15.4 Å². The monoisotopic (exact) mass is 477 g/mol. The molecule has 3 aromatic rings. The maximum Gasteiger partial charge on any atom is 0.266 e. The predicted molar refractivity (Wildman–Crippen MR) is 130 cm³/mol. The molecule has 0 aromatic heterocycles. The summed E-state index contributed by atoms with van der Waals surface area (Å²) in [5, 5.41) is 14.7. The minimum Gasteiger partial charge on any atom is -0.482 e. The number of para-hydroxylation sites is 1. The molecule has 0 spiro atoms. The molecule has 0 fully saturated rings. The van der Waals surface area contributed by atoms with Crippen molar-refractivity contribution in [3.63, 3.8) is 0 Å². The number of benzene rings is 3. The van der Waals surface area contributed by atoms with Crippen LogP contribution in [0.3, 0.4) is 0 Å². The van der Waals surface area contributed by atoms with Crippen LogP contribution < -0.4 is 15.4 Å². The van der Waals surface area contributed by atoms with Crippen LogP contribution in [0, 0.1) is 31.0 Å². The fraction of sp³-hybridized carbons (Fsp3) is 0.115. The number of hydrogen-bond donors (Lipinski definition) is 2.